The van der Waals surface area contributed by atoms with Crippen molar-refractivity contribution >= 4 is 16.8 Å². The number of likely N-dealkylation sites (tertiary alicyclic amines) is 1. The number of carbonyl (C=O) groups excluding carboxylic acids is 1. The van der Waals surface area contributed by atoms with Crippen molar-refractivity contribution in [3.8, 4) is 0 Å². The molecule has 1 aromatic heterocycles. The van der Waals surface area contributed by atoms with Crippen LogP contribution in [0.1, 0.15) is 30.1 Å². The first kappa shape index (κ1) is 14.1. The van der Waals surface area contributed by atoms with Crippen LogP contribution in [0.5, 0.6) is 0 Å². The van der Waals surface area contributed by atoms with Crippen LogP contribution in [0.2, 0.25) is 0 Å². The van der Waals surface area contributed by atoms with E-state index >= 15 is 0 Å². The maximum atomic E-state index is 12.4. The molecule has 1 atom stereocenters. The Morgan fingerprint density at radius 2 is 1.87 bits per heavy atom. The lowest BCUT2D eigenvalue weighted by Gasteiger charge is -2.27. The molecule has 1 saturated heterocycles. The largest absolute Gasteiger partial charge is 0.326 e. The van der Waals surface area contributed by atoms with Crippen LogP contribution in [0, 0.1) is 6.92 Å². The van der Waals surface area contributed by atoms with E-state index in [2.05, 4.69) is 54.1 Å². The highest BCUT2D eigenvalue weighted by atomic mass is 16.2. The monoisotopic (exact) mass is 304 g/mol. The van der Waals surface area contributed by atoms with Crippen molar-refractivity contribution in [3.63, 3.8) is 0 Å². The molecule has 1 amide bonds. The molecule has 0 aliphatic carbocycles. The van der Waals surface area contributed by atoms with E-state index < -0.39 is 0 Å². The fourth-order valence-electron chi connectivity index (χ4n) is 3.63. The standard InChI is InChI=1S/C20H20N2O/c1-15-6-5-9-17-12-13-21(20(15)17)18-10-11-19(23)22(18)14-16-7-3-2-4-8-16/h2-9,12-13,18H,10-11,14H2,1H3/t18-/m0/s1. The van der Waals surface area contributed by atoms with Gasteiger partial charge in [0.15, 0.2) is 0 Å². The first-order chi connectivity index (χ1) is 11.2. The molecule has 23 heavy (non-hydrogen) atoms. The van der Waals surface area contributed by atoms with Crippen molar-refractivity contribution in [2.24, 2.45) is 0 Å². The van der Waals surface area contributed by atoms with Gasteiger partial charge in [-0.15, -0.1) is 0 Å². The molecule has 0 radical (unpaired) electrons. The number of hydrogen-bond acceptors (Lipinski definition) is 1. The molecule has 0 saturated carbocycles. The summed E-state index contributed by atoms with van der Waals surface area (Å²) in [5, 5.41) is 1.24. The summed E-state index contributed by atoms with van der Waals surface area (Å²) in [6, 6.07) is 18.7. The molecular weight excluding hydrogens is 284 g/mol. The van der Waals surface area contributed by atoms with E-state index in [-0.39, 0.29) is 12.1 Å². The lowest BCUT2D eigenvalue weighted by atomic mass is 10.1. The predicted molar refractivity (Wildman–Crippen MR) is 91.9 cm³/mol. The van der Waals surface area contributed by atoms with Crippen LogP contribution in [-0.2, 0) is 11.3 Å². The fraction of sp³-hybridized carbons (Fsp3) is 0.250. The third-order valence-electron chi connectivity index (χ3n) is 4.76. The smallest absolute Gasteiger partial charge is 0.224 e. The SMILES string of the molecule is Cc1cccc2ccn([C@@H]3CCC(=O)N3Cc3ccccc3)c12. The second kappa shape index (κ2) is 5.58. The van der Waals surface area contributed by atoms with Crippen LogP contribution < -0.4 is 0 Å². The summed E-state index contributed by atoms with van der Waals surface area (Å²) in [6.45, 7) is 2.81. The van der Waals surface area contributed by atoms with E-state index in [1.165, 1.54) is 22.0 Å². The topological polar surface area (TPSA) is 25.2 Å². The Hall–Kier alpha value is -2.55. The van der Waals surface area contributed by atoms with Crippen molar-refractivity contribution in [2.45, 2.75) is 32.5 Å². The normalized spacial score (nSPS) is 18.0. The average molecular weight is 304 g/mol. The molecule has 3 heteroatoms. The number of benzene rings is 2. The Morgan fingerprint density at radius 3 is 2.70 bits per heavy atom. The minimum Gasteiger partial charge on any atom is -0.326 e. The lowest BCUT2D eigenvalue weighted by molar-refractivity contribution is -0.130. The van der Waals surface area contributed by atoms with E-state index in [0.29, 0.717) is 13.0 Å². The van der Waals surface area contributed by atoms with Gasteiger partial charge in [-0.25, -0.2) is 0 Å². The second-order valence-electron chi connectivity index (χ2n) is 6.26. The summed E-state index contributed by atoms with van der Waals surface area (Å²) < 4.78 is 2.28. The average Bonchev–Trinajstić information content (AvgIpc) is 3.14. The van der Waals surface area contributed by atoms with E-state index in [0.717, 1.165) is 6.42 Å². The van der Waals surface area contributed by atoms with E-state index in [9.17, 15) is 4.79 Å². The van der Waals surface area contributed by atoms with E-state index in [4.69, 9.17) is 0 Å². The Morgan fingerprint density at radius 1 is 1.04 bits per heavy atom. The van der Waals surface area contributed by atoms with Gasteiger partial charge in [-0.3, -0.25) is 4.79 Å². The summed E-state index contributed by atoms with van der Waals surface area (Å²) in [6.07, 6.45) is 3.74. The Kier molecular flexibility index (Phi) is 3.41. The van der Waals surface area contributed by atoms with Crippen LogP contribution in [0.3, 0.4) is 0 Å². The van der Waals surface area contributed by atoms with Gasteiger partial charge in [0.25, 0.3) is 0 Å². The van der Waals surface area contributed by atoms with Gasteiger partial charge in [0.2, 0.25) is 5.91 Å². The summed E-state index contributed by atoms with van der Waals surface area (Å²) in [5.41, 5.74) is 3.68. The number of hydrogen-bond donors (Lipinski definition) is 0. The van der Waals surface area contributed by atoms with Gasteiger partial charge in [0, 0.05) is 19.2 Å². The van der Waals surface area contributed by atoms with Crippen molar-refractivity contribution in [1.82, 2.24) is 9.47 Å². The number of aryl methyl sites for hydroxylation is 1. The van der Waals surface area contributed by atoms with Gasteiger partial charge in [0.05, 0.1) is 5.52 Å². The molecule has 3 aromatic rings. The minimum atomic E-state index is 0.112. The molecule has 116 valence electrons. The highest BCUT2D eigenvalue weighted by Gasteiger charge is 2.32. The van der Waals surface area contributed by atoms with Crippen LogP contribution in [0.4, 0.5) is 0 Å². The molecule has 0 N–H and O–H groups in total. The summed E-state index contributed by atoms with van der Waals surface area (Å²) in [7, 11) is 0. The molecule has 3 nitrogen and oxygen atoms in total. The maximum Gasteiger partial charge on any atom is 0.224 e. The second-order valence-corrected chi connectivity index (χ2v) is 6.26. The molecule has 0 spiro atoms. The number of para-hydroxylation sites is 1. The highest BCUT2D eigenvalue weighted by Crippen LogP contribution is 2.33. The molecular formula is C20H20N2O. The zero-order chi connectivity index (χ0) is 15.8. The first-order valence-corrected chi connectivity index (χ1v) is 8.13. The zero-order valence-electron chi connectivity index (χ0n) is 13.3. The molecule has 0 bridgehead atoms. The van der Waals surface area contributed by atoms with Gasteiger partial charge in [0.1, 0.15) is 6.17 Å². The van der Waals surface area contributed by atoms with Crippen LogP contribution in [0.15, 0.2) is 60.8 Å². The number of fused-ring (bicyclic) bond motifs is 1. The molecule has 2 heterocycles. The summed E-state index contributed by atoms with van der Waals surface area (Å²) in [5.74, 6) is 0.245. The van der Waals surface area contributed by atoms with Gasteiger partial charge >= 0.3 is 0 Å². The van der Waals surface area contributed by atoms with Gasteiger partial charge in [-0.1, -0.05) is 48.5 Å². The fourth-order valence-corrected chi connectivity index (χ4v) is 3.63. The van der Waals surface area contributed by atoms with Crippen molar-refractivity contribution in [1.29, 1.82) is 0 Å². The first-order valence-electron chi connectivity index (χ1n) is 8.13. The highest BCUT2D eigenvalue weighted by molar-refractivity contribution is 5.84. The number of amides is 1. The third kappa shape index (κ3) is 2.42. The van der Waals surface area contributed by atoms with E-state index in [1.54, 1.807) is 0 Å². The number of nitrogens with zero attached hydrogens (tertiary/aromatic N) is 2. The molecule has 2 aromatic carbocycles. The Balaban J connectivity index is 1.73. The van der Waals surface area contributed by atoms with Gasteiger partial charge in [-0.05, 0) is 35.9 Å². The quantitative estimate of drug-likeness (QED) is 0.709. The molecule has 1 aliphatic heterocycles. The van der Waals surface area contributed by atoms with Crippen molar-refractivity contribution in [2.75, 3.05) is 0 Å². The molecule has 0 unspecified atom stereocenters. The zero-order valence-corrected chi connectivity index (χ0v) is 13.3. The molecule has 4 rings (SSSR count). The van der Waals surface area contributed by atoms with Gasteiger partial charge in [-0.2, -0.15) is 0 Å². The maximum absolute atomic E-state index is 12.4. The summed E-state index contributed by atoms with van der Waals surface area (Å²) in [4.78, 5) is 14.4. The van der Waals surface area contributed by atoms with E-state index in [1.807, 2.05) is 23.1 Å². The van der Waals surface area contributed by atoms with Crippen LogP contribution in [0.25, 0.3) is 10.9 Å². The van der Waals surface area contributed by atoms with Gasteiger partial charge < -0.3 is 9.47 Å². The van der Waals surface area contributed by atoms with Crippen molar-refractivity contribution < 1.29 is 4.79 Å². The Bertz CT molecular complexity index is 850. The predicted octanol–water partition coefficient (Wildman–Crippen LogP) is 4.27. The number of carbonyl (C=O) groups is 1. The molecule has 1 aliphatic rings. The van der Waals surface area contributed by atoms with Crippen molar-refractivity contribution in [3.05, 3.63) is 71.9 Å². The number of rotatable bonds is 3. The summed E-state index contributed by atoms with van der Waals surface area (Å²) >= 11 is 0. The lowest BCUT2D eigenvalue weighted by Crippen LogP contribution is -2.30. The molecule has 1 fully saturated rings. The third-order valence-corrected chi connectivity index (χ3v) is 4.76. The minimum absolute atomic E-state index is 0.112. The van der Waals surface area contributed by atoms with Crippen LogP contribution >= 0.6 is 0 Å². The Labute approximate surface area is 136 Å². The van der Waals surface area contributed by atoms with Crippen LogP contribution in [-0.4, -0.2) is 15.4 Å². The number of aromatic nitrogens is 1.